The number of nitro groups is 1. The van der Waals surface area contributed by atoms with Crippen LogP contribution in [0.15, 0.2) is 86.8 Å². The van der Waals surface area contributed by atoms with E-state index in [1.165, 1.54) is 28.4 Å². The fourth-order valence-electron chi connectivity index (χ4n) is 3.10. The van der Waals surface area contributed by atoms with Crippen molar-refractivity contribution < 1.29 is 9.72 Å². The average Bonchev–Trinajstić information content (AvgIpc) is 3.22. The number of aromatic nitrogens is 3. The highest BCUT2D eigenvalue weighted by molar-refractivity contribution is 7.99. The molecule has 10 heteroatoms. The molecule has 0 fully saturated rings. The maximum absolute atomic E-state index is 12.8. The Hall–Kier alpha value is -3.63. The maximum atomic E-state index is 12.8. The molecule has 0 bridgehead atoms. The molecule has 0 aliphatic heterocycles. The molecule has 0 spiro atoms. The lowest BCUT2D eigenvalue weighted by Crippen LogP contribution is -2.12. The van der Waals surface area contributed by atoms with Crippen molar-refractivity contribution in [3.63, 3.8) is 0 Å². The van der Waals surface area contributed by atoms with Gasteiger partial charge in [0.15, 0.2) is 5.16 Å². The van der Waals surface area contributed by atoms with Crippen LogP contribution < -0.4 is 5.32 Å². The first-order chi connectivity index (χ1) is 16.3. The Kier molecular flexibility index (Phi) is 6.99. The summed E-state index contributed by atoms with van der Waals surface area (Å²) in [4.78, 5) is 26.5. The largest absolute Gasteiger partial charge is 0.322 e. The topological polar surface area (TPSA) is 103 Å². The number of carbonyl (C=O) groups excluding carboxylic acids is 1. The van der Waals surface area contributed by atoms with E-state index in [0.717, 1.165) is 16.7 Å². The Labute approximate surface area is 204 Å². The van der Waals surface area contributed by atoms with E-state index in [1.807, 2.05) is 24.3 Å². The van der Waals surface area contributed by atoms with Gasteiger partial charge >= 0.3 is 0 Å². The number of nitro benzene ring substituents is 1. The van der Waals surface area contributed by atoms with Crippen LogP contribution in [-0.4, -0.2) is 25.6 Å². The van der Waals surface area contributed by atoms with Crippen molar-refractivity contribution in [2.45, 2.75) is 33.7 Å². The molecule has 1 heterocycles. The predicted molar refractivity (Wildman–Crippen MR) is 133 cm³/mol. The molecule has 8 nitrogen and oxygen atoms in total. The van der Waals surface area contributed by atoms with E-state index in [9.17, 15) is 14.9 Å². The summed E-state index contributed by atoms with van der Waals surface area (Å²) in [6.07, 6.45) is 1.52. The van der Waals surface area contributed by atoms with Crippen LogP contribution in [0.4, 0.5) is 11.4 Å². The van der Waals surface area contributed by atoms with Gasteiger partial charge < -0.3 is 9.88 Å². The van der Waals surface area contributed by atoms with Crippen LogP contribution in [0.2, 0.25) is 0 Å². The van der Waals surface area contributed by atoms with Crippen molar-refractivity contribution in [2.75, 3.05) is 5.32 Å². The summed E-state index contributed by atoms with van der Waals surface area (Å²) < 4.78 is 1.66. The minimum Gasteiger partial charge on any atom is -0.322 e. The van der Waals surface area contributed by atoms with E-state index < -0.39 is 10.8 Å². The SMILES string of the molecule is Cc1ccc(C)c(Sc2ccc(NC(=O)c3ccc(Sc4nncn4C)c([N+](=O)[O-])c3)cc2)c1. The third-order valence-electron chi connectivity index (χ3n) is 4.97. The molecule has 0 aliphatic carbocycles. The number of nitrogens with one attached hydrogen (secondary N) is 1. The lowest BCUT2D eigenvalue weighted by atomic mass is 10.2. The molecule has 1 amide bonds. The minimum absolute atomic E-state index is 0.166. The first-order valence-electron chi connectivity index (χ1n) is 10.3. The van der Waals surface area contributed by atoms with Crippen LogP contribution in [-0.2, 0) is 7.05 Å². The van der Waals surface area contributed by atoms with Gasteiger partial charge in [-0.1, -0.05) is 23.9 Å². The molecule has 34 heavy (non-hydrogen) atoms. The van der Waals surface area contributed by atoms with Gasteiger partial charge in [-0.3, -0.25) is 14.9 Å². The molecular weight excluding hydrogens is 470 g/mol. The second kappa shape index (κ2) is 10.1. The van der Waals surface area contributed by atoms with E-state index in [0.29, 0.717) is 15.7 Å². The zero-order chi connectivity index (χ0) is 24.2. The van der Waals surface area contributed by atoms with Crippen molar-refractivity contribution in [3.8, 4) is 0 Å². The summed E-state index contributed by atoms with van der Waals surface area (Å²) in [5.74, 6) is -0.423. The third-order valence-corrected chi connectivity index (χ3v) is 7.26. The highest BCUT2D eigenvalue weighted by Crippen LogP contribution is 2.35. The molecular formula is C24H21N5O3S2. The Morgan fingerprint density at radius 2 is 1.76 bits per heavy atom. The first-order valence-corrected chi connectivity index (χ1v) is 11.9. The molecule has 4 aromatic rings. The molecule has 0 atom stereocenters. The van der Waals surface area contributed by atoms with Crippen molar-refractivity contribution in [3.05, 3.63) is 93.8 Å². The van der Waals surface area contributed by atoms with Gasteiger partial charge in [0.2, 0.25) is 0 Å². The standard InChI is InChI=1S/C24H21N5O3S2/c1-15-4-5-16(2)22(12-15)33-19-9-7-18(8-10-19)26-23(30)17-6-11-21(20(13-17)29(31)32)34-24-27-25-14-28(24)3/h4-14H,1-3H3,(H,26,30). The Morgan fingerprint density at radius 3 is 2.44 bits per heavy atom. The highest BCUT2D eigenvalue weighted by atomic mass is 32.2. The van der Waals surface area contributed by atoms with E-state index >= 15 is 0 Å². The third kappa shape index (κ3) is 5.46. The number of anilines is 1. The molecule has 4 rings (SSSR count). The van der Waals surface area contributed by atoms with Crippen LogP contribution >= 0.6 is 23.5 Å². The molecule has 172 valence electrons. The van der Waals surface area contributed by atoms with E-state index in [-0.39, 0.29) is 11.3 Å². The zero-order valence-electron chi connectivity index (χ0n) is 18.7. The average molecular weight is 492 g/mol. The Balaban J connectivity index is 1.47. The van der Waals surface area contributed by atoms with Crippen LogP contribution in [0.3, 0.4) is 0 Å². The normalized spacial score (nSPS) is 10.8. The number of hydrogen-bond acceptors (Lipinski definition) is 7. The van der Waals surface area contributed by atoms with E-state index in [4.69, 9.17) is 0 Å². The Morgan fingerprint density at radius 1 is 1.00 bits per heavy atom. The molecule has 0 unspecified atom stereocenters. The van der Waals surface area contributed by atoms with Crippen LogP contribution in [0.25, 0.3) is 0 Å². The zero-order valence-corrected chi connectivity index (χ0v) is 20.3. The number of aryl methyl sites for hydroxylation is 3. The number of hydrogen-bond donors (Lipinski definition) is 1. The monoisotopic (exact) mass is 491 g/mol. The first kappa shape index (κ1) is 23.5. The molecule has 0 saturated heterocycles. The summed E-state index contributed by atoms with van der Waals surface area (Å²) in [5, 5.41) is 22.7. The smallest absolute Gasteiger partial charge is 0.284 e. The maximum Gasteiger partial charge on any atom is 0.284 e. The van der Waals surface area contributed by atoms with Crippen LogP contribution in [0, 0.1) is 24.0 Å². The molecule has 0 saturated carbocycles. The number of rotatable bonds is 7. The van der Waals surface area contributed by atoms with Crippen LogP contribution in [0.5, 0.6) is 0 Å². The van der Waals surface area contributed by atoms with E-state index in [1.54, 1.807) is 35.5 Å². The summed E-state index contributed by atoms with van der Waals surface area (Å²) >= 11 is 2.78. The summed E-state index contributed by atoms with van der Waals surface area (Å²) in [6.45, 7) is 4.14. The lowest BCUT2D eigenvalue weighted by Gasteiger charge is -2.09. The Bertz CT molecular complexity index is 1370. The van der Waals surface area contributed by atoms with Crippen molar-refractivity contribution >= 4 is 40.8 Å². The van der Waals surface area contributed by atoms with Gasteiger partial charge in [-0.25, -0.2) is 0 Å². The second-order valence-electron chi connectivity index (χ2n) is 7.62. The second-order valence-corrected chi connectivity index (χ2v) is 9.74. The molecule has 3 aromatic carbocycles. The lowest BCUT2D eigenvalue weighted by molar-refractivity contribution is -0.387. The number of amides is 1. The van der Waals surface area contributed by atoms with Crippen molar-refractivity contribution in [2.24, 2.45) is 7.05 Å². The molecule has 0 radical (unpaired) electrons. The highest BCUT2D eigenvalue weighted by Gasteiger charge is 2.20. The quantitative estimate of drug-likeness (QED) is 0.254. The van der Waals surface area contributed by atoms with Gasteiger partial charge in [0.05, 0.1) is 9.82 Å². The molecule has 1 N–H and O–H groups in total. The number of benzene rings is 3. The molecule has 0 aliphatic rings. The fourth-order valence-corrected chi connectivity index (χ4v) is 4.95. The summed E-state index contributed by atoms with van der Waals surface area (Å²) in [7, 11) is 1.75. The van der Waals surface area contributed by atoms with Gasteiger partial charge in [-0.15, -0.1) is 10.2 Å². The van der Waals surface area contributed by atoms with Crippen LogP contribution in [0.1, 0.15) is 21.5 Å². The minimum atomic E-state index is -0.505. The van der Waals surface area contributed by atoms with Gasteiger partial charge in [0.25, 0.3) is 11.6 Å². The summed E-state index contributed by atoms with van der Waals surface area (Å²) in [6, 6.07) is 18.2. The van der Waals surface area contributed by atoms with Gasteiger partial charge in [-0.05, 0) is 79.2 Å². The van der Waals surface area contributed by atoms with E-state index in [2.05, 4.69) is 47.6 Å². The van der Waals surface area contributed by atoms with Crippen molar-refractivity contribution in [1.82, 2.24) is 14.8 Å². The van der Waals surface area contributed by atoms with Gasteiger partial charge in [0, 0.05) is 34.2 Å². The van der Waals surface area contributed by atoms with Gasteiger partial charge in [-0.2, -0.15) is 0 Å². The predicted octanol–water partition coefficient (Wildman–Crippen LogP) is 5.89. The van der Waals surface area contributed by atoms with Crippen molar-refractivity contribution in [1.29, 1.82) is 0 Å². The van der Waals surface area contributed by atoms with Gasteiger partial charge in [0.1, 0.15) is 6.33 Å². The summed E-state index contributed by atoms with van der Waals surface area (Å²) in [5.41, 5.74) is 3.04. The number of carbonyl (C=O) groups is 1. The molecule has 1 aromatic heterocycles. The number of nitrogens with zero attached hydrogens (tertiary/aromatic N) is 4. The fraction of sp³-hybridized carbons (Fsp3) is 0.125.